The molecule has 1 aliphatic rings. The van der Waals surface area contributed by atoms with E-state index < -0.39 is 0 Å². The van der Waals surface area contributed by atoms with Crippen molar-refractivity contribution < 1.29 is 4.79 Å². The Morgan fingerprint density at radius 3 is 2.96 bits per heavy atom. The fourth-order valence-electron chi connectivity index (χ4n) is 2.67. The molecule has 1 unspecified atom stereocenters. The van der Waals surface area contributed by atoms with Crippen LogP contribution in [0.15, 0.2) is 58.6 Å². The number of nitrogens with zero attached hydrogens (tertiary/aromatic N) is 1. The van der Waals surface area contributed by atoms with Crippen LogP contribution >= 0.6 is 23.2 Å². The first-order valence-electron chi connectivity index (χ1n) is 7.96. The van der Waals surface area contributed by atoms with Gasteiger partial charge in [0.15, 0.2) is 0 Å². The van der Waals surface area contributed by atoms with Crippen molar-refractivity contribution in [2.75, 3.05) is 0 Å². The number of aryl methyl sites for hydroxylation is 1. The van der Waals surface area contributed by atoms with Gasteiger partial charge >= 0.3 is 0 Å². The van der Waals surface area contributed by atoms with Crippen molar-refractivity contribution >= 4 is 40.0 Å². The quantitative estimate of drug-likeness (QED) is 0.712. The van der Waals surface area contributed by atoms with Crippen LogP contribution in [0.3, 0.4) is 0 Å². The van der Waals surface area contributed by atoms with Gasteiger partial charge in [0.05, 0.1) is 11.0 Å². The molecule has 5 heteroatoms. The lowest BCUT2D eigenvalue weighted by Gasteiger charge is -2.13. The van der Waals surface area contributed by atoms with E-state index in [2.05, 4.69) is 9.97 Å². The van der Waals surface area contributed by atoms with Crippen LogP contribution in [-0.2, 0) is 11.2 Å². The molecule has 1 N–H and O–H groups in total. The number of halogens is 2. The number of carbonyl (C=O) groups excluding carboxylic acids is 1. The largest absolute Gasteiger partial charge is 0.342 e. The number of para-hydroxylation sites is 2. The average molecular weight is 361 g/mol. The van der Waals surface area contributed by atoms with E-state index in [4.69, 9.17) is 23.2 Å². The minimum Gasteiger partial charge on any atom is -0.342 e. The number of Topliss-reactive ketones (excluding diaryl/α,β-unsaturated/α-hetero) is 1. The number of allylic oxidation sites excluding steroid dienone is 6. The highest BCUT2D eigenvalue weighted by molar-refractivity contribution is 6.35. The van der Waals surface area contributed by atoms with Crippen LogP contribution in [0, 0.1) is 5.92 Å². The maximum Gasteiger partial charge on any atom is 0.137 e. The summed E-state index contributed by atoms with van der Waals surface area (Å²) in [5.41, 5.74) is 1.94. The Balaban J connectivity index is 1.47. The summed E-state index contributed by atoms with van der Waals surface area (Å²) in [6.07, 6.45) is 9.87. The molecule has 3 nitrogen and oxygen atoms in total. The van der Waals surface area contributed by atoms with E-state index in [1.165, 1.54) is 0 Å². The zero-order chi connectivity index (χ0) is 16.9. The minimum atomic E-state index is 0.123. The van der Waals surface area contributed by atoms with Gasteiger partial charge in [-0.25, -0.2) is 4.98 Å². The Morgan fingerprint density at radius 1 is 1.33 bits per heavy atom. The summed E-state index contributed by atoms with van der Waals surface area (Å²) >= 11 is 12.1. The first-order valence-corrected chi connectivity index (χ1v) is 8.72. The summed E-state index contributed by atoms with van der Waals surface area (Å²) in [6.45, 7) is 0. The monoisotopic (exact) mass is 360 g/mol. The third-order valence-electron chi connectivity index (χ3n) is 3.99. The molecule has 1 aliphatic carbocycles. The molecule has 0 fully saturated rings. The first kappa shape index (κ1) is 17.0. The second-order valence-corrected chi connectivity index (χ2v) is 6.70. The van der Waals surface area contributed by atoms with E-state index in [1.54, 1.807) is 6.08 Å². The number of fused-ring (bicyclic) bond motifs is 1. The van der Waals surface area contributed by atoms with Crippen LogP contribution in [0.25, 0.3) is 11.0 Å². The Hall–Kier alpha value is -1.84. The molecule has 1 aromatic heterocycles. The molecule has 0 spiro atoms. The van der Waals surface area contributed by atoms with Gasteiger partial charge in [-0.3, -0.25) is 4.79 Å². The van der Waals surface area contributed by atoms with Crippen molar-refractivity contribution in [1.82, 2.24) is 9.97 Å². The molecule has 0 saturated carbocycles. The molecular formula is C19H18Cl2N2O. The molecule has 0 radical (unpaired) electrons. The van der Waals surface area contributed by atoms with Gasteiger partial charge in [-0.1, -0.05) is 53.6 Å². The predicted molar refractivity (Wildman–Crippen MR) is 99.2 cm³/mol. The van der Waals surface area contributed by atoms with Crippen LogP contribution in [0.4, 0.5) is 0 Å². The lowest BCUT2D eigenvalue weighted by molar-refractivity contribution is -0.118. The zero-order valence-corrected chi connectivity index (χ0v) is 14.6. The summed E-state index contributed by atoms with van der Waals surface area (Å²) in [5.74, 6) is 1.17. The summed E-state index contributed by atoms with van der Waals surface area (Å²) < 4.78 is 0. The van der Waals surface area contributed by atoms with Crippen molar-refractivity contribution in [2.45, 2.75) is 25.7 Å². The number of carbonyl (C=O) groups is 1. The van der Waals surface area contributed by atoms with E-state index in [9.17, 15) is 4.79 Å². The van der Waals surface area contributed by atoms with E-state index in [1.807, 2.05) is 42.5 Å². The Morgan fingerprint density at radius 2 is 2.17 bits per heavy atom. The lowest BCUT2D eigenvalue weighted by Crippen LogP contribution is -2.02. The summed E-state index contributed by atoms with van der Waals surface area (Å²) in [7, 11) is 0. The molecule has 3 rings (SSSR count). The van der Waals surface area contributed by atoms with E-state index >= 15 is 0 Å². The van der Waals surface area contributed by atoms with Gasteiger partial charge in [-0.2, -0.15) is 0 Å². The number of rotatable bonds is 6. The number of benzene rings is 1. The molecule has 0 saturated heterocycles. The molecule has 2 aromatic rings. The maximum absolute atomic E-state index is 12.0. The number of hydrogen-bond acceptors (Lipinski definition) is 2. The first-order chi connectivity index (χ1) is 11.6. The average Bonchev–Trinajstić information content (AvgIpc) is 2.98. The fourth-order valence-corrected chi connectivity index (χ4v) is 3.21. The summed E-state index contributed by atoms with van der Waals surface area (Å²) in [4.78, 5) is 19.8. The molecule has 0 bridgehead atoms. The van der Waals surface area contributed by atoms with Crippen molar-refractivity contribution in [2.24, 2.45) is 5.92 Å². The van der Waals surface area contributed by atoms with E-state index in [0.717, 1.165) is 23.3 Å². The number of H-pyrrole nitrogens is 1. The SMILES string of the molecule is O=C(C/C=C/C1CC=C(Cl)C=C1Cl)CCc1nc2ccccc2[nH]1. The molecule has 1 aromatic carbocycles. The van der Waals surface area contributed by atoms with Crippen molar-refractivity contribution in [1.29, 1.82) is 0 Å². The van der Waals surface area contributed by atoms with Crippen LogP contribution in [0.1, 0.15) is 25.1 Å². The van der Waals surface area contributed by atoms with Crippen molar-refractivity contribution in [3.63, 3.8) is 0 Å². The van der Waals surface area contributed by atoms with Gasteiger partial charge in [0.25, 0.3) is 0 Å². The van der Waals surface area contributed by atoms with Gasteiger partial charge < -0.3 is 4.98 Å². The van der Waals surface area contributed by atoms with Gasteiger partial charge in [0.1, 0.15) is 11.6 Å². The Bertz CT molecular complexity index is 800. The van der Waals surface area contributed by atoms with Crippen LogP contribution in [0.2, 0.25) is 0 Å². The normalized spacial score (nSPS) is 18.0. The third kappa shape index (κ3) is 4.37. The maximum atomic E-state index is 12.0. The minimum absolute atomic E-state index is 0.123. The highest BCUT2D eigenvalue weighted by Gasteiger charge is 2.13. The van der Waals surface area contributed by atoms with Crippen LogP contribution < -0.4 is 0 Å². The van der Waals surface area contributed by atoms with Gasteiger partial charge in [-0.15, -0.1) is 0 Å². The summed E-state index contributed by atoms with van der Waals surface area (Å²) in [6, 6.07) is 7.87. The van der Waals surface area contributed by atoms with Gasteiger partial charge in [0.2, 0.25) is 0 Å². The Labute approximate surface area is 151 Å². The highest BCUT2D eigenvalue weighted by atomic mass is 35.5. The molecule has 24 heavy (non-hydrogen) atoms. The van der Waals surface area contributed by atoms with Crippen LogP contribution in [-0.4, -0.2) is 15.8 Å². The molecule has 124 valence electrons. The Kier molecular flexibility index (Phi) is 5.54. The molecule has 1 atom stereocenters. The molecule has 1 heterocycles. The second-order valence-electron chi connectivity index (χ2n) is 5.83. The predicted octanol–water partition coefficient (Wildman–Crippen LogP) is 5.28. The van der Waals surface area contributed by atoms with Crippen molar-refractivity contribution in [3.8, 4) is 0 Å². The topological polar surface area (TPSA) is 45.8 Å². The zero-order valence-electron chi connectivity index (χ0n) is 13.1. The fraction of sp³-hybridized carbons (Fsp3) is 0.263. The summed E-state index contributed by atoms with van der Waals surface area (Å²) in [5, 5.41) is 1.39. The van der Waals surface area contributed by atoms with E-state index in [0.29, 0.717) is 29.3 Å². The number of hydrogen-bond donors (Lipinski definition) is 1. The number of ketones is 1. The number of nitrogens with one attached hydrogen (secondary N) is 1. The standard InChI is InChI=1S/C19H18Cl2N2O/c20-14-9-8-13(16(21)12-14)4-3-5-15(24)10-11-19-22-17-6-1-2-7-18(17)23-19/h1-4,6-7,9,12-13H,5,8,10-11H2,(H,22,23)/b4-3+. The number of aromatic nitrogens is 2. The molecule has 0 amide bonds. The molecule has 0 aliphatic heterocycles. The second kappa shape index (κ2) is 7.82. The molecular weight excluding hydrogens is 343 g/mol. The lowest BCUT2D eigenvalue weighted by atomic mass is 9.99. The van der Waals surface area contributed by atoms with E-state index in [-0.39, 0.29) is 11.7 Å². The van der Waals surface area contributed by atoms with Crippen molar-refractivity contribution in [3.05, 3.63) is 64.5 Å². The highest BCUT2D eigenvalue weighted by Crippen LogP contribution is 2.29. The third-order valence-corrected chi connectivity index (χ3v) is 4.64. The number of imidazole rings is 1. The van der Waals surface area contributed by atoms with Gasteiger partial charge in [0, 0.05) is 35.2 Å². The van der Waals surface area contributed by atoms with Crippen LogP contribution in [0.5, 0.6) is 0 Å². The smallest absolute Gasteiger partial charge is 0.137 e. The number of aromatic amines is 1. The van der Waals surface area contributed by atoms with Gasteiger partial charge in [-0.05, 0) is 24.6 Å².